The van der Waals surface area contributed by atoms with E-state index in [9.17, 15) is 30.4 Å². The average Bonchev–Trinajstić information content (AvgIpc) is 3.50. The molecular weight excluding hydrogens is 477 g/mol. The first-order chi connectivity index (χ1) is 16.0. The van der Waals surface area contributed by atoms with Crippen LogP contribution in [0.1, 0.15) is 55.0 Å². The quantitative estimate of drug-likeness (QED) is 0.461. The zero-order valence-electron chi connectivity index (χ0n) is 18.4. The van der Waals surface area contributed by atoms with E-state index >= 15 is 0 Å². The van der Waals surface area contributed by atoms with Crippen molar-refractivity contribution in [2.45, 2.75) is 63.0 Å². The second-order valence-electron chi connectivity index (χ2n) is 8.69. The van der Waals surface area contributed by atoms with E-state index in [4.69, 9.17) is 0 Å². The minimum absolute atomic E-state index is 0.206. The fourth-order valence-corrected chi connectivity index (χ4v) is 5.27. The summed E-state index contributed by atoms with van der Waals surface area (Å²) < 4.78 is 90.7. The fraction of sp³-hybridized carbons (Fsp3) is 0.435. The predicted octanol–water partition coefficient (Wildman–Crippen LogP) is 5.64. The lowest BCUT2D eigenvalue weighted by atomic mass is 9.93. The van der Waals surface area contributed by atoms with E-state index in [1.165, 1.54) is 25.5 Å². The summed E-state index contributed by atoms with van der Waals surface area (Å²) >= 11 is 0. The Morgan fingerprint density at radius 1 is 1.09 bits per heavy atom. The lowest BCUT2D eigenvalue weighted by molar-refractivity contribution is -0.141. The number of sulfonamides is 1. The van der Waals surface area contributed by atoms with E-state index in [0.717, 1.165) is 48.2 Å². The Morgan fingerprint density at radius 2 is 1.79 bits per heavy atom. The summed E-state index contributed by atoms with van der Waals surface area (Å²) in [6.45, 7) is 1.40. The van der Waals surface area contributed by atoms with E-state index in [-0.39, 0.29) is 23.2 Å². The molecule has 184 valence electrons. The number of nitrogens with one attached hydrogen (secondary N) is 1. The Balaban J connectivity index is 0.000000195. The van der Waals surface area contributed by atoms with Gasteiger partial charge in [-0.25, -0.2) is 26.9 Å². The average molecular weight is 502 g/mol. The van der Waals surface area contributed by atoms with Crippen molar-refractivity contribution in [1.29, 1.82) is 0 Å². The van der Waals surface area contributed by atoms with Gasteiger partial charge in [0, 0.05) is 29.7 Å². The highest BCUT2D eigenvalue weighted by molar-refractivity contribution is 7.90. The number of benzene rings is 1. The van der Waals surface area contributed by atoms with Gasteiger partial charge in [-0.3, -0.25) is 0 Å². The van der Waals surface area contributed by atoms with Crippen molar-refractivity contribution in [1.82, 2.24) is 14.3 Å². The lowest BCUT2D eigenvalue weighted by Gasteiger charge is -2.28. The largest absolute Gasteiger partial charge is 0.433 e. The normalized spacial score (nSPS) is 16.8. The highest BCUT2D eigenvalue weighted by atomic mass is 32.2. The zero-order chi connectivity index (χ0) is 24.7. The molecule has 0 bridgehead atoms. The maximum Gasteiger partial charge on any atom is 0.433 e. The Morgan fingerprint density at radius 3 is 2.35 bits per heavy atom. The Hall–Kier alpha value is -2.53. The molecule has 2 heterocycles. The van der Waals surface area contributed by atoms with Gasteiger partial charge in [0.15, 0.2) is 0 Å². The Kier molecular flexibility index (Phi) is 6.69. The molecule has 0 spiro atoms. The second-order valence-corrected chi connectivity index (χ2v) is 10.7. The van der Waals surface area contributed by atoms with Crippen molar-refractivity contribution in [2.75, 3.05) is 0 Å². The van der Waals surface area contributed by atoms with Crippen LogP contribution in [-0.4, -0.2) is 23.2 Å². The van der Waals surface area contributed by atoms with Gasteiger partial charge in [0.1, 0.15) is 17.3 Å². The van der Waals surface area contributed by atoms with Gasteiger partial charge in [-0.1, -0.05) is 0 Å². The van der Waals surface area contributed by atoms with Crippen LogP contribution in [0.25, 0.3) is 10.9 Å². The van der Waals surface area contributed by atoms with Crippen LogP contribution in [0, 0.1) is 18.6 Å². The van der Waals surface area contributed by atoms with Gasteiger partial charge in [-0.2, -0.15) is 13.2 Å². The fourth-order valence-electron chi connectivity index (χ4n) is 3.92. The first-order valence-electron chi connectivity index (χ1n) is 10.9. The number of halogens is 5. The maximum absolute atomic E-state index is 13.6. The van der Waals surface area contributed by atoms with Gasteiger partial charge < -0.3 is 4.57 Å². The highest BCUT2D eigenvalue weighted by Crippen LogP contribution is 2.36. The Bertz CT molecular complexity index is 1300. The molecule has 11 heteroatoms. The third kappa shape index (κ3) is 5.41. The molecule has 0 unspecified atom stereocenters. The molecule has 2 aliphatic rings. The van der Waals surface area contributed by atoms with E-state index < -0.39 is 27.7 Å². The summed E-state index contributed by atoms with van der Waals surface area (Å²) in [6.07, 6.45) is 3.01. The molecule has 0 amide bonds. The molecule has 34 heavy (non-hydrogen) atoms. The van der Waals surface area contributed by atoms with Crippen molar-refractivity contribution < 1.29 is 30.4 Å². The topological polar surface area (TPSA) is 64.0 Å². The molecule has 2 saturated carbocycles. The van der Waals surface area contributed by atoms with E-state index in [1.807, 2.05) is 6.20 Å². The molecule has 0 atom stereocenters. The molecule has 2 aliphatic carbocycles. The smallest absolute Gasteiger partial charge is 0.344 e. The van der Waals surface area contributed by atoms with E-state index in [2.05, 4.69) is 14.3 Å². The molecule has 0 saturated heterocycles. The molecular formula is C23H24F5N3O2S. The first kappa shape index (κ1) is 24.6. The third-order valence-corrected chi connectivity index (χ3v) is 7.98. The summed E-state index contributed by atoms with van der Waals surface area (Å²) in [5.74, 6) is -1.05. The number of hydrogen-bond donors (Lipinski definition) is 1. The van der Waals surface area contributed by atoms with Gasteiger partial charge in [0.05, 0.1) is 11.4 Å². The number of hydrogen-bond acceptors (Lipinski definition) is 3. The van der Waals surface area contributed by atoms with Gasteiger partial charge in [-0.15, -0.1) is 0 Å². The summed E-state index contributed by atoms with van der Waals surface area (Å²) in [6, 6.07) is 6.03. The number of rotatable bonds is 5. The maximum atomic E-state index is 13.6. The molecule has 1 aromatic carbocycles. The molecule has 2 fully saturated rings. The number of fused-ring (bicyclic) bond motifs is 1. The van der Waals surface area contributed by atoms with E-state index in [1.54, 1.807) is 6.07 Å². The number of alkyl halides is 3. The number of pyridine rings is 1. The van der Waals surface area contributed by atoms with Gasteiger partial charge in [0.2, 0.25) is 10.0 Å². The molecule has 2 aromatic heterocycles. The number of aromatic nitrogens is 2. The van der Waals surface area contributed by atoms with Crippen LogP contribution in [0.4, 0.5) is 22.0 Å². The molecule has 5 rings (SSSR count). The molecule has 5 nitrogen and oxygen atoms in total. The lowest BCUT2D eigenvalue weighted by Crippen LogP contribution is -2.26. The van der Waals surface area contributed by atoms with Crippen molar-refractivity contribution >= 4 is 20.9 Å². The third-order valence-electron chi connectivity index (χ3n) is 6.09. The molecule has 0 radical (unpaired) electrons. The van der Waals surface area contributed by atoms with Crippen molar-refractivity contribution in [3.63, 3.8) is 0 Å². The van der Waals surface area contributed by atoms with Gasteiger partial charge in [0.25, 0.3) is 0 Å². The SMILES string of the molecule is Cc1cc(F)cnc1C(F)(F)F.O=S(=O)(NCc1cn(C2CCC2)c2ccc(F)cc12)C1CC1. The Labute approximate surface area is 194 Å². The van der Waals surface area contributed by atoms with Crippen LogP contribution in [0.15, 0.2) is 36.7 Å². The number of nitrogens with zero attached hydrogens (tertiary/aromatic N) is 2. The first-order valence-corrected chi connectivity index (χ1v) is 12.5. The van der Waals surface area contributed by atoms with Crippen LogP contribution in [-0.2, 0) is 22.7 Å². The standard InChI is InChI=1S/C16H19FN2O2S.C7H5F4N/c17-12-4-7-16-15(8-12)11(10-19(16)13-2-1-3-13)9-18-22(20,21)14-5-6-14;1-4-2-5(8)3-12-6(4)7(9,10)11/h4,7-8,10,13-14,18H,1-3,5-6,9H2;2-3H,1H3. The highest BCUT2D eigenvalue weighted by Gasteiger charge is 2.36. The molecule has 1 N–H and O–H groups in total. The van der Waals surface area contributed by atoms with Crippen LogP contribution >= 0.6 is 0 Å². The second kappa shape index (κ2) is 9.26. The minimum atomic E-state index is -4.50. The van der Waals surface area contributed by atoms with Crippen LogP contribution in [0.3, 0.4) is 0 Å². The summed E-state index contributed by atoms with van der Waals surface area (Å²) in [7, 11) is -3.22. The van der Waals surface area contributed by atoms with Crippen molar-refractivity contribution in [3.8, 4) is 0 Å². The van der Waals surface area contributed by atoms with Crippen molar-refractivity contribution in [2.24, 2.45) is 0 Å². The van der Waals surface area contributed by atoms with Crippen LogP contribution in [0.2, 0.25) is 0 Å². The predicted molar refractivity (Wildman–Crippen MR) is 117 cm³/mol. The zero-order valence-corrected chi connectivity index (χ0v) is 19.2. The molecule has 0 aliphatic heterocycles. The van der Waals surface area contributed by atoms with Gasteiger partial charge >= 0.3 is 6.18 Å². The summed E-state index contributed by atoms with van der Waals surface area (Å²) in [5.41, 5.74) is 0.601. The monoisotopic (exact) mass is 501 g/mol. The summed E-state index contributed by atoms with van der Waals surface area (Å²) in [4.78, 5) is 2.95. The summed E-state index contributed by atoms with van der Waals surface area (Å²) in [5, 5.41) is 0.578. The van der Waals surface area contributed by atoms with Crippen LogP contribution < -0.4 is 4.72 Å². The van der Waals surface area contributed by atoms with Crippen molar-refractivity contribution in [3.05, 3.63) is 65.1 Å². The number of aryl methyl sites for hydroxylation is 1. The van der Waals surface area contributed by atoms with E-state index in [0.29, 0.717) is 12.2 Å². The molecule has 3 aromatic rings. The van der Waals surface area contributed by atoms with Gasteiger partial charge in [-0.05, 0) is 74.4 Å². The minimum Gasteiger partial charge on any atom is -0.344 e. The van der Waals surface area contributed by atoms with Crippen LogP contribution in [0.5, 0.6) is 0 Å².